The van der Waals surface area contributed by atoms with Crippen molar-refractivity contribution in [2.75, 3.05) is 12.0 Å². The number of anilines is 1. The maximum absolute atomic E-state index is 13.0. The summed E-state index contributed by atoms with van der Waals surface area (Å²) in [6.45, 7) is 1.83. The van der Waals surface area contributed by atoms with Crippen molar-refractivity contribution in [3.8, 4) is 11.5 Å². The molecule has 4 rings (SSSR count). The Labute approximate surface area is 199 Å². The number of carboxylic acids is 1. The van der Waals surface area contributed by atoms with E-state index in [4.69, 9.17) is 19.0 Å². The number of aromatic carboxylic acids is 1. The summed E-state index contributed by atoms with van der Waals surface area (Å²) in [5, 5.41) is 11.1. The molecule has 1 fully saturated rings. The van der Waals surface area contributed by atoms with E-state index in [1.807, 2.05) is 6.92 Å². The SMILES string of the molecule is COc1cc(/C=C2\C(=O)NC(=O)N(c3ccc(C)cc3)C2=O)ccc1OCc1ccc(C(=O)O)o1. The molecule has 10 nitrogen and oxygen atoms in total. The van der Waals surface area contributed by atoms with Crippen LogP contribution < -0.4 is 19.7 Å². The van der Waals surface area contributed by atoms with Crippen LogP contribution in [-0.4, -0.2) is 36.0 Å². The molecule has 0 unspecified atom stereocenters. The lowest BCUT2D eigenvalue weighted by molar-refractivity contribution is -0.122. The maximum atomic E-state index is 13.0. The molecule has 1 aliphatic heterocycles. The number of nitrogens with one attached hydrogen (secondary N) is 1. The third-order valence-electron chi connectivity index (χ3n) is 5.13. The number of furan rings is 1. The van der Waals surface area contributed by atoms with E-state index in [2.05, 4.69) is 5.32 Å². The number of hydrogen-bond acceptors (Lipinski definition) is 7. The normalized spacial score (nSPS) is 14.7. The van der Waals surface area contributed by atoms with E-state index in [9.17, 15) is 19.2 Å². The van der Waals surface area contributed by atoms with Gasteiger partial charge in [0, 0.05) is 0 Å². The highest BCUT2D eigenvalue weighted by molar-refractivity contribution is 6.39. The molecule has 0 atom stereocenters. The van der Waals surface area contributed by atoms with E-state index < -0.39 is 23.8 Å². The average Bonchev–Trinajstić information content (AvgIpc) is 3.31. The highest BCUT2D eigenvalue weighted by Crippen LogP contribution is 2.30. The van der Waals surface area contributed by atoms with Crippen LogP contribution in [0.2, 0.25) is 0 Å². The molecule has 10 heteroatoms. The van der Waals surface area contributed by atoms with Crippen LogP contribution in [0.1, 0.15) is 27.4 Å². The number of ether oxygens (including phenoxy) is 2. The van der Waals surface area contributed by atoms with Gasteiger partial charge in [0.15, 0.2) is 11.5 Å². The molecule has 2 aromatic carbocycles. The zero-order chi connectivity index (χ0) is 25.1. The van der Waals surface area contributed by atoms with Crippen LogP contribution in [0.4, 0.5) is 10.5 Å². The molecule has 0 aliphatic carbocycles. The number of carbonyl (C=O) groups is 4. The second-order valence-corrected chi connectivity index (χ2v) is 7.56. The van der Waals surface area contributed by atoms with E-state index in [-0.39, 0.29) is 17.9 Å². The third kappa shape index (κ3) is 4.91. The Morgan fingerprint density at radius 1 is 1.06 bits per heavy atom. The predicted molar refractivity (Wildman–Crippen MR) is 123 cm³/mol. The van der Waals surface area contributed by atoms with E-state index >= 15 is 0 Å². The summed E-state index contributed by atoms with van der Waals surface area (Å²) in [4.78, 5) is 49.6. The Kier molecular flexibility index (Phi) is 6.36. The molecule has 1 saturated heterocycles. The fourth-order valence-corrected chi connectivity index (χ4v) is 3.36. The number of methoxy groups -OCH3 is 1. The largest absolute Gasteiger partial charge is 0.493 e. The van der Waals surface area contributed by atoms with Gasteiger partial charge >= 0.3 is 12.0 Å². The second kappa shape index (κ2) is 9.56. The van der Waals surface area contributed by atoms with Gasteiger partial charge < -0.3 is 19.0 Å². The number of hydrogen-bond donors (Lipinski definition) is 2. The summed E-state index contributed by atoms with van der Waals surface area (Å²) < 4.78 is 16.2. The molecule has 0 bridgehead atoms. The maximum Gasteiger partial charge on any atom is 0.371 e. The first-order chi connectivity index (χ1) is 16.8. The zero-order valence-electron chi connectivity index (χ0n) is 18.7. The minimum Gasteiger partial charge on any atom is -0.493 e. The van der Waals surface area contributed by atoms with Gasteiger partial charge in [-0.25, -0.2) is 14.5 Å². The second-order valence-electron chi connectivity index (χ2n) is 7.56. The summed E-state index contributed by atoms with van der Waals surface area (Å²) >= 11 is 0. The lowest BCUT2D eigenvalue weighted by Gasteiger charge is -2.26. The predicted octanol–water partition coefficient (Wildman–Crippen LogP) is 3.54. The Hall–Kier alpha value is -4.86. The lowest BCUT2D eigenvalue weighted by atomic mass is 10.1. The van der Waals surface area contributed by atoms with Crippen molar-refractivity contribution >= 4 is 35.6 Å². The molecule has 2 N–H and O–H groups in total. The third-order valence-corrected chi connectivity index (χ3v) is 5.13. The number of urea groups is 1. The smallest absolute Gasteiger partial charge is 0.371 e. The van der Waals surface area contributed by atoms with Crippen LogP contribution >= 0.6 is 0 Å². The van der Waals surface area contributed by atoms with Crippen molar-refractivity contribution in [1.29, 1.82) is 0 Å². The quantitative estimate of drug-likeness (QED) is 0.390. The van der Waals surface area contributed by atoms with Gasteiger partial charge in [0.1, 0.15) is 17.9 Å². The number of nitrogens with zero attached hydrogens (tertiary/aromatic N) is 1. The molecule has 1 aliphatic rings. The molecular weight excluding hydrogens is 456 g/mol. The first-order valence-corrected chi connectivity index (χ1v) is 10.4. The monoisotopic (exact) mass is 476 g/mol. The minimum atomic E-state index is -1.19. The minimum absolute atomic E-state index is 0.0431. The fourth-order valence-electron chi connectivity index (χ4n) is 3.36. The van der Waals surface area contributed by atoms with Gasteiger partial charge in [-0.05, 0) is 55.0 Å². The van der Waals surface area contributed by atoms with Crippen LogP contribution in [-0.2, 0) is 16.2 Å². The van der Waals surface area contributed by atoms with Crippen molar-refractivity contribution in [1.82, 2.24) is 5.32 Å². The first kappa shape index (κ1) is 23.3. The van der Waals surface area contributed by atoms with Gasteiger partial charge in [-0.3, -0.25) is 14.9 Å². The highest BCUT2D eigenvalue weighted by atomic mass is 16.5. The van der Waals surface area contributed by atoms with Crippen LogP contribution in [0, 0.1) is 6.92 Å². The Morgan fingerprint density at radius 3 is 2.46 bits per heavy atom. The van der Waals surface area contributed by atoms with Crippen molar-refractivity contribution in [2.45, 2.75) is 13.5 Å². The van der Waals surface area contributed by atoms with Gasteiger partial charge in [-0.15, -0.1) is 0 Å². The van der Waals surface area contributed by atoms with Crippen molar-refractivity contribution < 1.29 is 38.2 Å². The number of imide groups is 2. The van der Waals surface area contributed by atoms with E-state index in [0.717, 1.165) is 10.5 Å². The van der Waals surface area contributed by atoms with Gasteiger partial charge in [0.05, 0.1) is 12.8 Å². The number of aryl methyl sites for hydroxylation is 1. The number of rotatable bonds is 7. The average molecular weight is 476 g/mol. The van der Waals surface area contributed by atoms with Crippen LogP contribution in [0.3, 0.4) is 0 Å². The molecule has 3 aromatic rings. The molecule has 1 aromatic heterocycles. The lowest BCUT2D eigenvalue weighted by Crippen LogP contribution is -2.54. The molecule has 178 valence electrons. The van der Waals surface area contributed by atoms with Gasteiger partial charge in [0.25, 0.3) is 11.8 Å². The topological polar surface area (TPSA) is 135 Å². The Balaban J connectivity index is 1.57. The number of barbiturate groups is 1. The first-order valence-electron chi connectivity index (χ1n) is 10.4. The number of carboxylic acid groups (broad SMARTS) is 1. The van der Waals surface area contributed by atoms with Crippen LogP contribution in [0.5, 0.6) is 11.5 Å². The highest BCUT2D eigenvalue weighted by Gasteiger charge is 2.36. The summed E-state index contributed by atoms with van der Waals surface area (Å²) in [5.41, 5.74) is 1.52. The Morgan fingerprint density at radius 2 is 1.80 bits per heavy atom. The molecule has 35 heavy (non-hydrogen) atoms. The van der Waals surface area contributed by atoms with E-state index in [1.165, 1.54) is 25.3 Å². The van der Waals surface area contributed by atoms with E-state index in [1.54, 1.807) is 42.5 Å². The zero-order valence-corrected chi connectivity index (χ0v) is 18.7. The molecule has 4 amide bonds. The number of amides is 4. The fraction of sp³-hybridized carbons (Fsp3) is 0.120. The van der Waals surface area contributed by atoms with Crippen LogP contribution in [0.25, 0.3) is 6.08 Å². The number of benzene rings is 2. The molecule has 0 saturated carbocycles. The summed E-state index contributed by atoms with van der Waals surface area (Å²) in [6.07, 6.45) is 1.35. The summed E-state index contributed by atoms with van der Waals surface area (Å²) in [6, 6.07) is 13.5. The van der Waals surface area contributed by atoms with Crippen molar-refractivity contribution in [3.05, 3.63) is 82.8 Å². The molecule has 2 heterocycles. The van der Waals surface area contributed by atoms with Gasteiger partial charge in [-0.2, -0.15) is 0 Å². The number of carbonyl (C=O) groups excluding carboxylic acids is 3. The molecular formula is C25H20N2O8. The van der Waals surface area contributed by atoms with Gasteiger partial charge in [0.2, 0.25) is 5.76 Å². The molecule has 0 radical (unpaired) electrons. The standard InChI is InChI=1S/C25H20N2O8/c1-14-3-6-16(7-4-14)27-23(29)18(22(28)26-25(27)32)11-15-5-9-19(21(12-15)33-2)34-13-17-8-10-20(35-17)24(30)31/h3-12H,13H2,1-2H3,(H,30,31)(H,26,28,32)/b18-11+. The van der Waals surface area contributed by atoms with Crippen molar-refractivity contribution in [3.63, 3.8) is 0 Å². The van der Waals surface area contributed by atoms with E-state index in [0.29, 0.717) is 28.5 Å². The van der Waals surface area contributed by atoms with Crippen molar-refractivity contribution in [2.24, 2.45) is 0 Å². The Bertz CT molecular complexity index is 1350. The molecule has 0 spiro atoms. The summed E-state index contributed by atoms with van der Waals surface area (Å²) in [7, 11) is 1.42. The summed E-state index contributed by atoms with van der Waals surface area (Å²) in [5.74, 6) is -2.01. The van der Waals surface area contributed by atoms with Gasteiger partial charge in [-0.1, -0.05) is 23.8 Å². The van der Waals surface area contributed by atoms with Crippen LogP contribution in [0.15, 0.2) is 64.6 Å².